The highest BCUT2D eigenvalue weighted by Crippen LogP contribution is 2.28. The Morgan fingerprint density at radius 2 is 1.01 bits per heavy atom. The second kappa shape index (κ2) is 32.8. The maximum absolute atomic E-state index is 14.7. The largest absolute Gasteiger partial charge is 0.508 e. The molecule has 8 amide bonds. The molecule has 3 heterocycles. The SMILES string of the molecule is CSCC[C@H](NC(=O)[C@@H]1CCCN1C(=O)[C@H](CCCN=C(N)N)NC(=O)[C@@H]1CCCN1C(=O)[C@@H]1CCCN1C(=O)[C@H](CC(C)C)NC(=O)[C@H](Cc1ccc(O)cc1)NC(=O)[C@@H](N)CCCN=C(N)N)C(=O)N[C@@H](Cc1ccc(O)cc1)C(=O)O. The van der Waals surface area contributed by atoms with Crippen LogP contribution in [-0.4, -0.2) is 194 Å². The normalized spacial score (nSPS) is 18.8. The molecule has 0 bridgehead atoms. The molecule has 3 fully saturated rings. The van der Waals surface area contributed by atoms with Gasteiger partial charge in [-0.2, -0.15) is 11.8 Å². The van der Waals surface area contributed by atoms with Crippen LogP contribution in [-0.2, 0) is 56.0 Å². The van der Waals surface area contributed by atoms with Gasteiger partial charge in [0.1, 0.15) is 59.8 Å². The Labute approximate surface area is 493 Å². The Morgan fingerprint density at radius 3 is 1.54 bits per heavy atom. The average Bonchev–Trinajstić information content (AvgIpc) is 4.40. The van der Waals surface area contributed by atoms with E-state index in [4.69, 9.17) is 28.7 Å². The number of carbonyl (C=O) groups excluding carboxylic acids is 8. The van der Waals surface area contributed by atoms with Crippen LogP contribution >= 0.6 is 11.8 Å². The number of carbonyl (C=O) groups is 9. The maximum atomic E-state index is 14.7. The summed E-state index contributed by atoms with van der Waals surface area (Å²) < 4.78 is 0. The molecule has 18 N–H and O–H groups in total. The van der Waals surface area contributed by atoms with E-state index >= 15 is 0 Å². The van der Waals surface area contributed by atoms with Gasteiger partial charge in [0.05, 0.1) is 6.04 Å². The number of benzene rings is 2. The van der Waals surface area contributed by atoms with Gasteiger partial charge in [0, 0.05) is 45.6 Å². The number of phenolic OH excluding ortho intramolecular Hbond substituents is 2. The molecule has 0 aliphatic carbocycles. The second-order valence-electron chi connectivity index (χ2n) is 21.9. The summed E-state index contributed by atoms with van der Waals surface area (Å²) in [5, 5.41) is 43.4. The van der Waals surface area contributed by atoms with Crippen molar-refractivity contribution in [2.45, 2.75) is 158 Å². The van der Waals surface area contributed by atoms with Crippen molar-refractivity contribution in [3.63, 3.8) is 0 Å². The average molecular weight is 1190 g/mol. The lowest BCUT2D eigenvalue weighted by Crippen LogP contribution is -2.60. The molecule has 3 aliphatic rings. The summed E-state index contributed by atoms with van der Waals surface area (Å²) in [5.74, 6) is -6.25. The highest BCUT2D eigenvalue weighted by atomic mass is 32.2. The zero-order valence-electron chi connectivity index (χ0n) is 48.1. The first kappa shape index (κ1) is 66.9. The number of likely N-dealkylation sites (tertiary alicyclic amines) is 3. The van der Waals surface area contributed by atoms with Crippen LogP contribution < -0.4 is 55.3 Å². The van der Waals surface area contributed by atoms with Gasteiger partial charge in [0.25, 0.3) is 0 Å². The Bertz CT molecular complexity index is 2660. The topological polar surface area (TPSA) is 439 Å². The van der Waals surface area contributed by atoms with Gasteiger partial charge in [-0.05, 0) is 130 Å². The number of rotatable bonds is 31. The van der Waals surface area contributed by atoms with Crippen molar-refractivity contribution in [1.82, 2.24) is 41.3 Å². The van der Waals surface area contributed by atoms with Gasteiger partial charge in [-0.3, -0.25) is 48.3 Å². The lowest BCUT2D eigenvalue weighted by atomic mass is 10.00. The summed E-state index contributed by atoms with van der Waals surface area (Å²) in [6.45, 7) is 4.56. The summed E-state index contributed by atoms with van der Waals surface area (Å²) in [4.78, 5) is 139. The van der Waals surface area contributed by atoms with Crippen molar-refractivity contribution in [1.29, 1.82) is 0 Å². The molecule has 84 heavy (non-hydrogen) atoms. The van der Waals surface area contributed by atoms with Crippen molar-refractivity contribution < 1.29 is 58.5 Å². The summed E-state index contributed by atoms with van der Waals surface area (Å²) in [6.07, 6.45) is 4.84. The van der Waals surface area contributed by atoms with E-state index in [0.717, 1.165) is 0 Å². The molecule has 2 aromatic carbocycles. The first-order valence-electron chi connectivity index (χ1n) is 28.5. The number of aliphatic carboxylic acids is 1. The maximum Gasteiger partial charge on any atom is 0.326 e. The zero-order chi connectivity index (χ0) is 61.6. The van der Waals surface area contributed by atoms with Crippen LogP contribution in [0.1, 0.15) is 102 Å². The third kappa shape index (κ3) is 20.2. The molecule has 3 saturated heterocycles. The van der Waals surface area contributed by atoms with E-state index in [1.165, 1.54) is 62.9 Å². The van der Waals surface area contributed by atoms with Crippen LogP contribution in [0, 0.1) is 5.92 Å². The summed E-state index contributed by atoms with van der Waals surface area (Å²) >= 11 is 1.41. The predicted molar refractivity (Wildman–Crippen MR) is 315 cm³/mol. The Kier molecular flexibility index (Phi) is 26.2. The molecule has 462 valence electrons. The number of hydrogen-bond donors (Lipinski definition) is 13. The van der Waals surface area contributed by atoms with E-state index in [1.807, 2.05) is 20.1 Å². The lowest BCUT2D eigenvalue weighted by molar-refractivity contribution is -0.148. The fourth-order valence-electron chi connectivity index (χ4n) is 10.6. The standard InChI is InChI=1S/C56H85N15O12S/c1-32(2)29-41(67-48(76)40(30-33-14-18-35(72)19-15-33)66-46(74)37(57)9-4-23-62-55(58)59)52(80)71-27-8-13-45(71)53(81)70-26-7-12-44(70)50(78)65-39(10-5-24-63-56(60)61)51(79)69-25-6-11-43(69)49(77)64-38(22-28-84-3)47(75)68-42(54(82)83)31-34-16-20-36(73)21-17-34/h14-21,32,37-45,72-73H,4-13,22-31,57H2,1-3H3,(H,64,77)(H,65,78)(H,66,74)(H,67,76)(H,68,75)(H,82,83)(H4,58,59,62)(H4,60,61,63)/t37-,38-,39-,40-,41-,42-,43-,44-,45-/m0/s1. The minimum atomic E-state index is -1.37. The molecule has 28 heteroatoms. The van der Waals surface area contributed by atoms with E-state index in [1.54, 1.807) is 12.1 Å². The number of hydrogen-bond acceptors (Lipinski definition) is 15. The number of aliphatic imine (C=N–C) groups is 2. The number of nitrogens with one attached hydrogen (secondary N) is 5. The molecule has 3 aliphatic heterocycles. The predicted octanol–water partition coefficient (Wildman–Crippen LogP) is -1.40. The van der Waals surface area contributed by atoms with Crippen molar-refractivity contribution in [2.75, 3.05) is 44.7 Å². The summed E-state index contributed by atoms with van der Waals surface area (Å²) in [7, 11) is 0. The van der Waals surface area contributed by atoms with Crippen LogP contribution in [0.4, 0.5) is 0 Å². The Balaban J connectivity index is 1.30. The van der Waals surface area contributed by atoms with E-state index < -0.39 is 108 Å². The molecular weight excluding hydrogens is 1110 g/mol. The third-order valence-electron chi connectivity index (χ3n) is 14.9. The number of phenols is 2. The van der Waals surface area contributed by atoms with Gasteiger partial charge in [0.15, 0.2) is 11.9 Å². The fraction of sp³-hybridized carbons (Fsp3) is 0.589. The van der Waals surface area contributed by atoms with Crippen LogP contribution in [0.15, 0.2) is 58.5 Å². The molecule has 9 atom stereocenters. The molecule has 0 saturated carbocycles. The monoisotopic (exact) mass is 1190 g/mol. The summed E-state index contributed by atoms with van der Waals surface area (Å²) in [5.41, 5.74) is 29.3. The molecule has 0 radical (unpaired) electrons. The first-order valence-corrected chi connectivity index (χ1v) is 29.9. The second-order valence-corrected chi connectivity index (χ2v) is 22.9. The van der Waals surface area contributed by atoms with Crippen molar-refractivity contribution in [3.8, 4) is 11.5 Å². The molecule has 0 aromatic heterocycles. The summed E-state index contributed by atoms with van der Waals surface area (Å²) in [6, 6.07) is 1.69. The van der Waals surface area contributed by atoms with E-state index in [-0.39, 0.29) is 126 Å². The smallest absolute Gasteiger partial charge is 0.326 e. The molecule has 2 aromatic rings. The minimum Gasteiger partial charge on any atom is -0.508 e. The van der Waals surface area contributed by atoms with E-state index in [9.17, 15) is 58.5 Å². The quantitative estimate of drug-likeness (QED) is 0.0234. The number of amides is 8. The zero-order valence-corrected chi connectivity index (χ0v) is 48.9. The van der Waals surface area contributed by atoms with Crippen molar-refractivity contribution in [2.24, 2.45) is 44.6 Å². The highest BCUT2D eigenvalue weighted by molar-refractivity contribution is 7.98. The van der Waals surface area contributed by atoms with Crippen LogP contribution in [0.2, 0.25) is 0 Å². The molecule has 5 rings (SSSR count). The lowest BCUT2D eigenvalue weighted by Gasteiger charge is -2.34. The third-order valence-corrected chi connectivity index (χ3v) is 15.6. The van der Waals surface area contributed by atoms with Crippen LogP contribution in [0.5, 0.6) is 11.5 Å². The van der Waals surface area contributed by atoms with Crippen LogP contribution in [0.25, 0.3) is 0 Å². The van der Waals surface area contributed by atoms with Crippen LogP contribution in [0.3, 0.4) is 0 Å². The number of carboxylic acid groups (broad SMARTS) is 1. The minimum absolute atomic E-state index is 0.00603. The van der Waals surface area contributed by atoms with Gasteiger partial charge in [-0.25, -0.2) is 4.79 Å². The number of thioether (sulfide) groups is 1. The first-order chi connectivity index (χ1) is 40.0. The molecule has 0 unspecified atom stereocenters. The molecular formula is C56H85N15O12S. The number of nitrogens with zero attached hydrogens (tertiary/aromatic N) is 5. The van der Waals surface area contributed by atoms with Gasteiger partial charge >= 0.3 is 5.97 Å². The number of carboxylic acids is 1. The Morgan fingerprint density at radius 1 is 0.571 bits per heavy atom. The van der Waals surface area contributed by atoms with Gasteiger partial charge in [-0.15, -0.1) is 0 Å². The number of aromatic hydroxyl groups is 2. The Hall–Kier alpha value is -7.88. The number of guanidine groups is 2. The van der Waals surface area contributed by atoms with Gasteiger partial charge < -0.3 is 85.3 Å². The fourth-order valence-corrected chi connectivity index (χ4v) is 11.1. The van der Waals surface area contributed by atoms with Crippen molar-refractivity contribution >= 4 is 76.9 Å². The molecule has 0 spiro atoms. The van der Waals surface area contributed by atoms with Crippen molar-refractivity contribution in [3.05, 3.63) is 59.7 Å². The number of nitrogens with two attached hydrogens (primary N) is 5. The van der Waals surface area contributed by atoms with E-state index in [0.29, 0.717) is 42.6 Å². The highest BCUT2D eigenvalue weighted by Gasteiger charge is 2.46. The molecule has 27 nitrogen and oxygen atoms in total. The van der Waals surface area contributed by atoms with E-state index in [2.05, 4.69) is 36.6 Å². The van der Waals surface area contributed by atoms with Gasteiger partial charge in [-0.1, -0.05) is 38.1 Å². The van der Waals surface area contributed by atoms with Gasteiger partial charge in [0.2, 0.25) is 47.3 Å².